The molecular formula is C12H15ClN2O2. The summed E-state index contributed by atoms with van der Waals surface area (Å²) in [6, 6.07) is 4.89. The summed E-state index contributed by atoms with van der Waals surface area (Å²) in [6.45, 7) is 1.37. The standard InChI is InChI=1S/C12H15ClN2O2/c13-11-2-1-9(14)5-10(11)12(17)15-4-3-8(6-15)7-16/h1-2,5,8,16H,3-4,6-7,14H2. The molecule has 1 fully saturated rings. The van der Waals surface area contributed by atoms with Crippen LogP contribution in [-0.2, 0) is 0 Å². The molecule has 3 N–H and O–H groups in total. The number of halogens is 1. The summed E-state index contributed by atoms with van der Waals surface area (Å²) in [5, 5.41) is 9.46. The van der Waals surface area contributed by atoms with Gasteiger partial charge >= 0.3 is 0 Å². The lowest BCUT2D eigenvalue weighted by atomic mass is 10.1. The maximum atomic E-state index is 12.2. The SMILES string of the molecule is Nc1ccc(Cl)c(C(=O)N2CCC(CO)C2)c1. The molecular weight excluding hydrogens is 240 g/mol. The number of aliphatic hydroxyl groups excluding tert-OH is 1. The molecule has 0 saturated carbocycles. The zero-order chi connectivity index (χ0) is 12.4. The smallest absolute Gasteiger partial charge is 0.255 e. The number of carbonyl (C=O) groups excluding carboxylic acids is 1. The maximum Gasteiger partial charge on any atom is 0.255 e. The Hall–Kier alpha value is -1.26. The van der Waals surface area contributed by atoms with Crippen molar-refractivity contribution >= 4 is 23.2 Å². The van der Waals surface area contributed by atoms with Crippen LogP contribution in [0.2, 0.25) is 5.02 Å². The molecule has 0 aromatic heterocycles. The largest absolute Gasteiger partial charge is 0.399 e. The molecule has 17 heavy (non-hydrogen) atoms. The summed E-state index contributed by atoms with van der Waals surface area (Å²) < 4.78 is 0. The number of likely N-dealkylation sites (tertiary alicyclic amines) is 1. The Bertz CT molecular complexity index is 437. The minimum absolute atomic E-state index is 0.113. The minimum atomic E-state index is -0.113. The summed E-state index contributed by atoms with van der Waals surface area (Å²) >= 11 is 5.99. The average Bonchev–Trinajstić information content (AvgIpc) is 2.80. The molecule has 2 rings (SSSR count). The van der Waals surface area contributed by atoms with Crippen molar-refractivity contribution in [1.82, 2.24) is 4.90 Å². The quantitative estimate of drug-likeness (QED) is 0.784. The van der Waals surface area contributed by atoms with Crippen LogP contribution >= 0.6 is 11.6 Å². The molecule has 1 unspecified atom stereocenters. The van der Waals surface area contributed by atoms with E-state index in [0.717, 1.165) is 6.42 Å². The highest BCUT2D eigenvalue weighted by molar-refractivity contribution is 6.34. The van der Waals surface area contributed by atoms with Gasteiger partial charge in [-0.15, -0.1) is 0 Å². The van der Waals surface area contributed by atoms with Gasteiger partial charge in [0.1, 0.15) is 0 Å². The molecule has 1 aliphatic rings. The van der Waals surface area contributed by atoms with Crippen LogP contribution in [0, 0.1) is 5.92 Å². The van der Waals surface area contributed by atoms with Crippen molar-refractivity contribution in [1.29, 1.82) is 0 Å². The van der Waals surface area contributed by atoms with Crippen molar-refractivity contribution in [3.8, 4) is 0 Å². The Labute approximate surface area is 105 Å². The van der Waals surface area contributed by atoms with Crippen molar-refractivity contribution in [3.63, 3.8) is 0 Å². The third-order valence-corrected chi connectivity index (χ3v) is 3.38. The van der Waals surface area contributed by atoms with Crippen LogP contribution in [0.5, 0.6) is 0 Å². The van der Waals surface area contributed by atoms with Crippen molar-refractivity contribution in [2.75, 3.05) is 25.4 Å². The fourth-order valence-corrected chi connectivity index (χ4v) is 2.24. The highest BCUT2D eigenvalue weighted by Crippen LogP contribution is 2.24. The van der Waals surface area contributed by atoms with Crippen LogP contribution in [0.25, 0.3) is 0 Å². The Morgan fingerprint density at radius 1 is 1.59 bits per heavy atom. The molecule has 1 saturated heterocycles. The molecule has 1 aromatic rings. The van der Waals surface area contributed by atoms with Gasteiger partial charge in [-0.3, -0.25) is 4.79 Å². The van der Waals surface area contributed by atoms with Crippen LogP contribution in [-0.4, -0.2) is 35.6 Å². The van der Waals surface area contributed by atoms with Gasteiger partial charge in [-0.25, -0.2) is 0 Å². The predicted molar refractivity (Wildman–Crippen MR) is 67.0 cm³/mol. The molecule has 0 aliphatic carbocycles. The van der Waals surface area contributed by atoms with Gasteiger partial charge in [0, 0.05) is 31.3 Å². The normalized spacial score (nSPS) is 19.6. The van der Waals surface area contributed by atoms with Gasteiger partial charge in [-0.05, 0) is 24.6 Å². The molecule has 1 aromatic carbocycles. The lowest BCUT2D eigenvalue weighted by molar-refractivity contribution is 0.0782. The Kier molecular flexibility index (Phi) is 3.54. The van der Waals surface area contributed by atoms with Crippen molar-refractivity contribution in [2.45, 2.75) is 6.42 Å². The monoisotopic (exact) mass is 254 g/mol. The highest BCUT2D eigenvalue weighted by Gasteiger charge is 2.27. The fraction of sp³-hybridized carbons (Fsp3) is 0.417. The third-order valence-electron chi connectivity index (χ3n) is 3.05. The van der Waals surface area contributed by atoms with E-state index in [-0.39, 0.29) is 18.4 Å². The first kappa shape index (κ1) is 12.2. The number of nitrogens with two attached hydrogens (primary N) is 1. The zero-order valence-electron chi connectivity index (χ0n) is 9.40. The van der Waals surface area contributed by atoms with Gasteiger partial charge in [0.05, 0.1) is 10.6 Å². The number of aliphatic hydroxyl groups is 1. The van der Waals surface area contributed by atoms with Crippen LogP contribution in [0.4, 0.5) is 5.69 Å². The first-order chi connectivity index (χ1) is 8.11. The Morgan fingerprint density at radius 3 is 3.00 bits per heavy atom. The molecule has 92 valence electrons. The van der Waals surface area contributed by atoms with Crippen LogP contribution in [0.3, 0.4) is 0 Å². The van der Waals surface area contributed by atoms with Crippen LogP contribution in [0.15, 0.2) is 18.2 Å². The number of rotatable bonds is 2. The van der Waals surface area contributed by atoms with Crippen LogP contribution < -0.4 is 5.73 Å². The predicted octanol–water partition coefficient (Wildman–Crippen LogP) is 1.38. The van der Waals surface area contributed by atoms with Crippen LogP contribution in [0.1, 0.15) is 16.8 Å². The van der Waals surface area contributed by atoms with E-state index in [1.165, 1.54) is 0 Å². The van der Waals surface area contributed by atoms with Gasteiger partial charge in [-0.2, -0.15) is 0 Å². The molecule has 1 amide bonds. The molecule has 1 aliphatic heterocycles. The number of nitrogens with zero attached hydrogens (tertiary/aromatic N) is 1. The summed E-state index contributed by atoms with van der Waals surface area (Å²) in [7, 11) is 0. The number of carbonyl (C=O) groups is 1. The molecule has 1 heterocycles. The third kappa shape index (κ3) is 2.53. The van der Waals surface area contributed by atoms with Gasteiger partial charge in [0.25, 0.3) is 5.91 Å². The van der Waals surface area contributed by atoms with Gasteiger partial charge in [-0.1, -0.05) is 11.6 Å². The molecule has 1 atom stereocenters. The summed E-state index contributed by atoms with van der Waals surface area (Å²) in [5.41, 5.74) is 6.61. The van der Waals surface area contributed by atoms with E-state index in [0.29, 0.717) is 29.4 Å². The number of hydrogen-bond acceptors (Lipinski definition) is 3. The maximum absolute atomic E-state index is 12.2. The second kappa shape index (κ2) is 4.94. The molecule has 5 heteroatoms. The first-order valence-electron chi connectivity index (χ1n) is 5.57. The van der Waals surface area contributed by atoms with E-state index >= 15 is 0 Å². The Morgan fingerprint density at radius 2 is 2.35 bits per heavy atom. The summed E-state index contributed by atoms with van der Waals surface area (Å²) in [4.78, 5) is 13.9. The van der Waals surface area contributed by atoms with E-state index in [2.05, 4.69) is 0 Å². The second-order valence-corrected chi connectivity index (χ2v) is 4.73. The lowest BCUT2D eigenvalue weighted by Gasteiger charge is -2.17. The topological polar surface area (TPSA) is 66.6 Å². The van der Waals surface area contributed by atoms with E-state index < -0.39 is 0 Å². The first-order valence-corrected chi connectivity index (χ1v) is 5.94. The van der Waals surface area contributed by atoms with Gasteiger partial charge in [0.15, 0.2) is 0 Å². The van der Waals surface area contributed by atoms with E-state index in [1.807, 2.05) is 0 Å². The molecule has 4 nitrogen and oxygen atoms in total. The molecule has 0 bridgehead atoms. The van der Waals surface area contributed by atoms with E-state index in [9.17, 15) is 4.79 Å². The van der Waals surface area contributed by atoms with Crippen molar-refractivity contribution in [3.05, 3.63) is 28.8 Å². The highest BCUT2D eigenvalue weighted by atomic mass is 35.5. The fourth-order valence-electron chi connectivity index (χ4n) is 2.04. The zero-order valence-corrected chi connectivity index (χ0v) is 10.2. The van der Waals surface area contributed by atoms with E-state index in [1.54, 1.807) is 23.1 Å². The van der Waals surface area contributed by atoms with E-state index in [4.69, 9.17) is 22.4 Å². The van der Waals surface area contributed by atoms with Gasteiger partial charge in [0.2, 0.25) is 0 Å². The molecule has 0 radical (unpaired) electrons. The number of anilines is 1. The number of amides is 1. The lowest BCUT2D eigenvalue weighted by Crippen LogP contribution is -2.29. The second-order valence-electron chi connectivity index (χ2n) is 4.33. The number of benzene rings is 1. The summed E-state index contributed by atoms with van der Waals surface area (Å²) in [6.07, 6.45) is 0.835. The average molecular weight is 255 g/mol. The van der Waals surface area contributed by atoms with Gasteiger partial charge < -0.3 is 15.7 Å². The van der Waals surface area contributed by atoms with Crippen molar-refractivity contribution < 1.29 is 9.90 Å². The number of nitrogen functional groups attached to an aromatic ring is 1. The minimum Gasteiger partial charge on any atom is -0.399 e. The van der Waals surface area contributed by atoms with Crippen molar-refractivity contribution in [2.24, 2.45) is 5.92 Å². The molecule has 0 spiro atoms. The summed E-state index contributed by atoms with van der Waals surface area (Å²) in [5.74, 6) is 0.0667. The Balaban J connectivity index is 2.17. The number of hydrogen-bond donors (Lipinski definition) is 2.